The Kier molecular flexibility index (Phi) is 114. The van der Waals surface area contributed by atoms with E-state index in [-0.39, 0.29) is 36.2 Å². The summed E-state index contributed by atoms with van der Waals surface area (Å²) in [7, 11) is 0. The molecule has 0 aliphatic rings. The average Bonchev–Trinajstić information content (AvgIpc) is 1.00. The quantitative estimate of drug-likeness (QED) is 0.333. The van der Waals surface area contributed by atoms with E-state index in [1.165, 1.54) is 0 Å². The molecule has 0 N–H and O–H groups in total. The van der Waals surface area contributed by atoms with Crippen molar-refractivity contribution in [2.45, 2.75) is 0 Å². The van der Waals surface area contributed by atoms with Crippen LogP contribution >= 0.6 is 0 Å². The van der Waals surface area contributed by atoms with Crippen molar-refractivity contribution in [2.24, 2.45) is 0 Å². The molecule has 0 aromatic carbocycles. The van der Waals surface area contributed by atoms with Crippen LogP contribution in [0.15, 0.2) is 0 Å². The minimum atomic E-state index is 0. The van der Waals surface area contributed by atoms with Crippen LogP contribution in [-0.4, -0.2) is 36.2 Å². The monoisotopic (exact) mass is 113 g/mol. The third kappa shape index (κ3) is 9.89. The minimum absolute atomic E-state index is 0. The second kappa shape index (κ2) is 25.4. The van der Waals surface area contributed by atoms with E-state index in [9.17, 15) is 0 Å². The Balaban J connectivity index is -0.00000000500. The normalized spacial score (nSPS) is 1.25. The van der Waals surface area contributed by atoms with Gasteiger partial charge in [-0.1, -0.05) is 0 Å². The second-order valence-electron chi connectivity index (χ2n) is 0. The maximum absolute atomic E-state index is 7.94. The van der Waals surface area contributed by atoms with Crippen LogP contribution in [-0.2, 0) is 19.5 Å². The van der Waals surface area contributed by atoms with Crippen LogP contribution < -0.4 is 0 Å². The van der Waals surface area contributed by atoms with E-state index >= 15 is 0 Å². The van der Waals surface area contributed by atoms with Crippen molar-refractivity contribution in [2.75, 3.05) is 0 Å². The molecule has 1 nitrogen and oxygen atoms in total. The van der Waals surface area contributed by atoms with Crippen LogP contribution in [0.25, 0.3) is 0 Å². The Morgan fingerprint density at radius 2 is 1.25 bits per heavy atom. The summed E-state index contributed by atoms with van der Waals surface area (Å²) >= 11 is 2.31. The molecule has 0 radical (unpaired) electrons. The summed E-state index contributed by atoms with van der Waals surface area (Å²) in [6.45, 7) is 0. The Bertz CT molecular complexity index is 8.00. The molecule has 0 aliphatic heterocycles. The Morgan fingerprint density at radius 3 is 1.25 bits per heavy atom. The first-order valence-corrected chi connectivity index (χ1v) is 0.561. The molecule has 0 heterocycles. The molecule has 4 heteroatoms. The molecular formula is H4AlCoLiO. The van der Waals surface area contributed by atoms with Crippen LogP contribution in [0.4, 0.5) is 0 Å². The summed E-state index contributed by atoms with van der Waals surface area (Å²) in [5, 5.41) is 0. The van der Waals surface area contributed by atoms with E-state index in [4.69, 9.17) is 3.87 Å². The van der Waals surface area contributed by atoms with Crippen LogP contribution in [0, 0.1) is 0 Å². The van der Waals surface area contributed by atoms with Gasteiger partial charge in [-0.25, -0.2) is 0 Å². The first-order chi connectivity index (χ1) is 1.00. The van der Waals surface area contributed by atoms with Gasteiger partial charge >= 0.3 is 38.4 Å². The van der Waals surface area contributed by atoms with Gasteiger partial charge in [0.25, 0.3) is 0 Å². The van der Waals surface area contributed by atoms with E-state index in [1.54, 1.807) is 0 Å². The summed E-state index contributed by atoms with van der Waals surface area (Å²) < 4.78 is 7.94. The van der Waals surface area contributed by atoms with Gasteiger partial charge in [0.15, 0.2) is 17.4 Å². The zero-order valence-corrected chi connectivity index (χ0v) is 1.78. The van der Waals surface area contributed by atoms with Gasteiger partial charge < -0.3 is 0 Å². The molecule has 0 rings (SSSR count). The molecule has 0 fully saturated rings. The van der Waals surface area contributed by atoms with Gasteiger partial charge in [0, 0.05) is 0 Å². The predicted molar refractivity (Wildman–Crippen MR) is 17.8 cm³/mol. The summed E-state index contributed by atoms with van der Waals surface area (Å²) in [6.07, 6.45) is 0. The number of hydrogen-bond acceptors (Lipinski definition) is 1. The predicted octanol–water partition coefficient (Wildman–Crippen LogP) is -1.95. The van der Waals surface area contributed by atoms with E-state index < -0.39 is 0 Å². The second-order valence-corrected chi connectivity index (χ2v) is 0. The average molecular weight is 113 g/mol. The topological polar surface area (TPSA) is 17.1 Å². The summed E-state index contributed by atoms with van der Waals surface area (Å²) in [6, 6.07) is 0. The van der Waals surface area contributed by atoms with Crippen molar-refractivity contribution < 1.29 is 19.5 Å². The Morgan fingerprint density at radius 1 is 1.25 bits per heavy atom. The molecule has 0 aromatic rings. The number of rotatable bonds is 0. The molecule has 4 heavy (non-hydrogen) atoms. The fourth-order valence-corrected chi connectivity index (χ4v) is 0. The molecule has 0 spiro atoms. The molecule has 0 saturated heterocycles. The van der Waals surface area contributed by atoms with Gasteiger partial charge in [-0.3, -0.25) is 0 Å². The molecule has 0 amide bonds. The van der Waals surface area contributed by atoms with Crippen LogP contribution in [0.3, 0.4) is 0 Å². The fourth-order valence-electron chi connectivity index (χ4n) is 0. The van der Waals surface area contributed by atoms with Crippen molar-refractivity contribution in [3.8, 4) is 0 Å². The zero-order chi connectivity index (χ0) is 2.00. The van der Waals surface area contributed by atoms with Gasteiger partial charge in [-0.05, 0) is 0 Å². The number of hydrogen-bond donors (Lipinski definition) is 0. The van der Waals surface area contributed by atoms with Crippen LogP contribution in [0.5, 0.6) is 0 Å². The Hall–Kier alpha value is 1.44. The molecule has 23 valence electrons. The molecular weight excluding hydrogens is 109 g/mol. The zero-order valence-electron chi connectivity index (χ0n) is 0.742. The van der Waals surface area contributed by atoms with Crippen molar-refractivity contribution in [3.05, 3.63) is 0 Å². The summed E-state index contributed by atoms with van der Waals surface area (Å²) in [5.41, 5.74) is 0. The first kappa shape index (κ1) is 18.0. The van der Waals surface area contributed by atoms with E-state index in [0.29, 0.717) is 0 Å². The summed E-state index contributed by atoms with van der Waals surface area (Å²) in [5.74, 6) is 0. The summed E-state index contributed by atoms with van der Waals surface area (Å²) in [4.78, 5) is 0. The van der Waals surface area contributed by atoms with Gasteiger partial charge in [-0.2, -0.15) is 0 Å². The molecule has 0 aliphatic carbocycles. The standard InChI is InChI=1S/Al.Co.Li.O.4H. The van der Waals surface area contributed by atoms with Gasteiger partial charge in [0.2, 0.25) is 0 Å². The van der Waals surface area contributed by atoms with Crippen molar-refractivity contribution in [3.63, 3.8) is 0 Å². The first-order valence-electron chi connectivity index (χ1n) is 0.136. The van der Waals surface area contributed by atoms with Crippen LogP contribution in [0.1, 0.15) is 0 Å². The van der Waals surface area contributed by atoms with E-state index in [2.05, 4.69) is 15.7 Å². The van der Waals surface area contributed by atoms with Crippen molar-refractivity contribution >= 4 is 36.2 Å². The van der Waals surface area contributed by atoms with Crippen molar-refractivity contribution in [1.29, 1.82) is 0 Å². The maximum atomic E-state index is 7.94. The molecule has 0 unspecified atom stereocenters. The van der Waals surface area contributed by atoms with Crippen LogP contribution in [0.2, 0.25) is 0 Å². The van der Waals surface area contributed by atoms with Crippen molar-refractivity contribution in [1.82, 2.24) is 0 Å². The molecule has 0 bridgehead atoms. The molecule has 0 aromatic heterocycles. The third-order valence-electron chi connectivity index (χ3n) is 0. The SMILES string of the molecule is [AlH3].[LiH].[O]=[Co]. The molecule has 0 atom stereocenters. The fraction of sp³-hybridized carbons (Fsp3) is 0. The Labute approximate surface area is 55.6 Å². The van der Waals surface area contributed by atoms with E-state index in [0.717, 1.165) is 0 Å². The van der Waals surface area contributed by atoms with Gasteiger partial charge in [0.1, 0.15) is 0 Å². The van der Waals surface area contributed by atoms with Gasteiger partial charge in [-0.15, -0.1) is 0 Å². The van der Waals surface area contributed by atoms with E-state index in [1.807, 2.05) is 0 Å². The third-order valence-corrected chi connectivity index (χ3v) is 0. The van der Waals surface area contributed by atoms with Gasteiger partial charge in [0.05, 0.1) is 0 Å². The molecule has 0 saturated carbocycles.